The van der Waals surface area contributed by atoms with Gasteiger partial charge in [-0.15, -0.1) is 0 Å². The van der Waals surface area contributed by atoms with Gasteiger partial charge < -0.3 is 0 Å². The summed E-state index contributed by atoms with van der Waals surface area (Å²) in [4.78, 5) is 3.60. The van der Waals surface area contributed by atoms with Gasteiger partial charge in [0.2, 0.25) is 0 Å². The lowest BCUT2D eigenvalue weighted by atomic mass is 10.2. The van der Waals surface area contributed by atoms with E-state index in [0.717, 1.165) is 12.1 Å². The van der Waals surface area contributed by atoms with E-state index in [-0.39, 0.29) is 11.4 Å². The first kappa shape index (κ1) is 9.52. The van der Waals surface area contributed by atoms with Gasteiger partial charge in [0, 0.05) is 5.69 Å². The zero-order valence-electron chi connectivity index (χ0n) is 6.68. The molecule has 1 aromatic rings. The minimum atomic E-state index is -4.42. The maximum atomic E-state index is 12.1. The summed E-state index contributed by atoms with van der Waals surface area (Å²) in [7, 11) is 0. The van der Waals surface area contributed by atoms with Crippen LogP contribution in [-0.2, 0) is 6.18 Å². The molecule has 5 heteroatoms. The Kier molecular flexibility index (Phi) is 2.24. The second-order valence-corrected chi connectivity index (χ2v) is 2.49. The van der Waals surface area contributed by atoms with E-state index in [0.29, 0.717) is 0 Å². The third kappa shape index (κ3) is 2.18. The van der Waals surface area contributed by atoms with Crippen LogP contribution < -0.4 is 0 Å². The molecule has 0 aliphatic heterocycles. The fourth-order valence-electron chi connectivity index (χ4n) is 0.889. The van der Waals surface area contributed by atoms with E-state index in [2.05, 4.69) is 4.98 Å². The predicted molar refractivity (Wildman–Crippen MR) is 38.7 cm³/mol. The largest absolute Gasteiger partial charge is 0.416 e. The molecule has 0 N–H and O–H groups in total. The number of aromatic nitrogens is 1. The molecule has 0 saturated carbocycles. The second-order valence-electron chi connectivity index (χ2n) is 2.49. The third-order valence-electron chi connectivity index (χ3n) is 1.40. The number of rotatable bonds is 0. The van der Waals surface area contributed by atoms with Crippen LogP contribution in [0.4, 0.5) is 13.2 Å². The fraction of sp³-hybridized carbons (Fsp3) is 0.250. The highest BCUT2D eigenvalue weighted by atomic mass is 19.4. The molecule has 1 rings (SSSR count). The van der Waals surface area contributed by atoms with E-state index in [1.165, 1.54) is 6.92 Å². The molecule has 1 aromatic heterocycles. The monoisotopic (exact) mass is 186 g/mol. The molecule has 0 fully saturated rings. The van der Waals surface area contributed by atoms with Gasteiger partial charge in [-0.1, -0.05) is 0 Å². The van der Waals surface area contributed by atoms with Crippen LogP contribution in [0.15, 0.2) is 12.1 Å². The molecule has 0 saturated heterocycles. The highest BCUT2D eigenvalue weighted by molar-refractivity contribution is 5.30. The van der Waals surface area contributed by atoms with E-state index in [1.54, 1.807) is 6.07 Å². The first-order chi connectivity index (χ1) is 5.93. The fourth-order valence-corrected chi connectivity index (χ4v) is 0.889. The van der Waals surface area contributed by atoms with E-state index in [9.17, 15) is 13.2 Å². The van der Waals surface area contributed by atoms with E-state index < -0.39 is 11.7 Å². The maximum absolute atomic E-state index is 12.1. The maximum Gasteiger partial charge on any atom is 0.416 e. The van der Waals surface area contributed by atoms with Crippen LogP contribution in [0.5, 0.6) is 0 Å². The van der Waals surface area contributed by atoms with Crippen molar-refractivity contribution in [3.8, 4) is 6.07 Å². The summed E-state index contributed by atoms with van der Waals surface area (Å²) in [5.74, 6) is 0. The molecule has 0 aliphatic carbocycles. The Labute approximate surface area is 72.6 Å². The van der Waals surface area contributed by atoms with Gasteiger partial charge in [-0.05, 0) is 19.1 Å². The van der Waals surface area contributed by atoms with Gasteiger partial charge in [-0.3, -0.25) is 0 Å². The number of nitrogens with zero attached hydrogens (tertiary/aromatic N) is 2. The van der Waals surface area contributed by atoms with Crippen molar-refractivity contribution in [2.45, 2.75) is 13.1 Å². The molecule has 0 spiro atoms. The highest BCUT2D eigenvalue weighted by Crippen LogP contribution is 2.29. The van der Waals surface area contributed by atoms with Crippen molar-refractivity contribution in [1.82, 2.24) is 4.98 Å². The Balaban J connectivity index is 3.26. The van der Waals surface area contributed by atoms with Crippen molar-refractivity contribution in [2.75, 3.05) is 0 Å². The molecule has 2 nitrogen and oxygen atoms in total. The summed E-state index contributed by atoms with van der Waals surface area (Å²) in [5, 5.41) is 8.37. The van der Waals surface area contributed by atoms with E-state index in [4.69, 9.17) is 5.26 Å². The van der Waals surface area contributed by atoms with Crippen molar-refractivity contribution in [1.29, 1.82) is 5.26 Å². The quantitative estimate of drug-likeness (QED) is 0.623. The Hall–Kier alpha value is -1.57. The summed E-state index contributed by atoms with van der Waals surface area (Å²) in [6, 6.07) is 3.20. The number of pyridine rings is 1. The van der Waals surface area contributed by atoms with Gasteiger partial charge in [0.25, 0.3) is 0 Å². The zero-order chi connectivity index (χ0) is 10.1. The molecule has 0 aliphatic rings. The number of halogens is 3. The molecule has 0 amide bonds. The predicted octanol–water partition coefficient (Wildman–Crippen LogP) is 2.28. The lowest BCUT2D eigenvalue weighted by molar-refractivity contribution is -0.137. The Morgan fingerprint density at radius 1 is 1.38 bits per heavy atom. The molecule has 13 heavy (non-hydrogen) atoms. The normalized spacial score (nSPS) is 11.0. The van der Waals surface area contributed by atoms with Gasteiger partial charge >= 0.3 is 6.18 Å². The summed E-state index contributed by atoms with van der Waals surface area (Å²) in [5.41, 5.74) is -0.866. The zero-order valence-corrected chi connectivity index (χ0v) is 6.68. The number of alkyl halides is 3. The lowest BCUT2D eigenvalue weighted by Crippen LogP contribution is -2.06. The van der Waals surface area contributed by atoms with Crippen LogP contribution >= 0.6 is 0 Å². The second kappa shape index (κ2) is 3.05. The Bertz CT molecular complexity index is 363. The van der Waals surface area contributed by atoms with Crippen molar-refractivity contribution < 1.29 is 13.2 Å². The smallest absolute Gasteiger partial charge is 0.242 e. The number of nitriles is 1. The first-order valence-electron chi connectivity index (χ1n) is 3.39. The van der Waals surface area contributed by atoms with Crippen LogP contribution in [0.2, 0.25) is 0 Å². The summed E-state index contributed by atoms with van der Waals surface area (Å²) in [6.07, 6.45) is -4.42. The van der Waals surface area contributed by atoms with Gasteiger partial charge in [-0.2, -0.15) is 18.4 Å². The summed E-state index contributed by atoms with van der Waals surface area (Å²) < 4.78 is 36.4. The standard InChI is InChI=1S/C8H5F3N2/c1-5-2-6(8(9,10)11)3-7(4-12)13-5/h2-3H,1H3. The summed E-state index contributed by atoms with van der Waals surface area (Å²) in [6.45, 7) is 1.41. The van der Waals surface area contributed by atoms with Crippen molar-refractivity contribution in [3.05, 3.63) is 29.1 Å². The topological polar surface area (TPSA) is 36.7 Å². The Morgan fingerprint density at radius 2 is 2.00 bits per heavy atom. The minimum Gasteiger partial charge on any atom is -0.242 e. The van der Waals surface area contributed by atoms with Crippen molar-refractivity contribution in [2.24, 2.45) is 0 Å². The van der Waals surface area contributed by atoms with Gasteiger partial charge in [-0.25, -0.2) is 4.98 Å². The molecular weight excluding hydrogens is 181 g/mol. The number of hydrogen-bond acceptors (Lipinski definition) is 2. The average molecular weight is 186 g/mol. The molecule has 0 bridgehead atoms. The van der Waals surface area contributed by atoms with Crippen LogP contribution in [0, 0.1) is 18.3 Å². The Morgan fingerprint density at radius 3 is 2.46 bits per heavy atom. The number of aryl methyl sites for hydroxylation is 1. The van der Waals surface area contributed by atoms with Gasteiger partial charge in [0.05, 0.1) is 5.56 Å². The molecule has 0 radical (unpaired) electrons. The highest BCUT2D eigenvalue weighted by Gasteiger charge is 2.31. The molecule has 1 heterocycles. The number of hydrogen-bond donors (Lipinski definition) is 0. The van der Waals surface area contributed by atoms with Gasteiger partial charge in [0.15, 0.2) is 0 Å². The van der Waals surface area contributed by atoms with Crippen LogP contribution in [0.1, 0.15) is 17.0 Å². The van der Waals surface area contributed by atoms with Crippen molar-refractivity contribution >= 4 is 0 Å². The van der Waals surface area contributed by atoms with Gasteiger partial charge in [0.1, 0.15) is 11.8 Å². The third-order valence-corrected chi connectivity index (χ3v) is 1.40. The van der Waals surface area contributed by atoms with E-state index >= 15 is 0 Å². The molecule has 68 valence electrons. The SMILES string of the molecule is Cc1cc(C(F)(F)F)cc(C#N)n1. The van der Waals surface area contributed by atoms with Crippen LogP contribution in [-0.4, -0.2) is 4.98 Å². The molecule has 0 unspecified atom stereocenters. The lowest BCUT2D eigenvalue weighted by Gasteiger charge is -2.06. The average Bonchev–Trinajstić information content (AvgIpc) is 2.01. The van der Waals surface area contributed by atoms with Crippen molar-refractivity contribution in [3.63, 3.8) is 0 Å². The van der Waals surface area contributed by atoms with E-state index in [1.807, 2.05) is 0 Å². The van der Waals surface area contributed by atoms with Crippen LogP contribution in [0.3, 0.4) is 0 Å². The molecule has 0 atom stereocenters. The summed E-state index contributed by atoms with van der Waals surface area (Å²) >= 11 is 0. The first-order valence-corrected chi connectivity index (χ1v) is 3.39. The molecule has 0 aromatic carbocycles. The van der Waals surface area contributed by atoms with Crippen LogP contribution in [0.25, 0.3) is 0 Å². The molecular formula is C8H5F3N2. The minimum absolute atomic E-state index is 0.186.